The summed E-state index contributed by atoms with van der Waals surface area (Å²) in [6.07, 6.45) is 6.35. The van der Waals surface area contributed by atoms with E-state index in [4.69, 9.17) is 5.73 Å². The number of nitrogens with zero attached hydrogens (tertiary/aromatic N) is 1. The molecule has 1 amide bonds. The Hall–Kier alpha value is -0.610. The van der Waals surface area contributed by atoms with Crippen LogP contribution in [0.2, 0.25) is 0 Å². The molecule has 1 heterocycles. The van der Waals surface area contributed by atoms with Crippen LogP contribution in [-0.4, -0.2) is 43.0 Å². The second-order valence-electron chi connectivity index (χ2n) is 5.84. The topological polar surface area (TPSA) is 58.4 Å². The average molecular weight is 239 g/mol. The number of rotatable bonds is 3. The molecule has 2 rings (SSSR count). The van der Waals surface area contributed by atoms with Crippen molar-refractivity contribution in [3.05, 3.63) is 0 Å². The van der Waals surface area contributed by atoms with Crippen molar-refractivity contribution >= 4 is 5.91 Å². The molecule has 1 unspecified atom stereocenters. The minimum atomic E-state index is -0.569. The highest BCUT2D eigenvalue weighted by Crippen LogP contribution is 2.27. The quantitative estimate of drug-likeness (QED) is 0.763. The van der Waals surface area contributed by atoms with E-state index in [1.165, 1.54) is 19.4 Å². The first-order valence-corrected chi connectivity index (χ1v) is 6.86. The standard InChI is InChI=1S/C13H25N3O/c1-16-8-4-5-11(10-16)9-15-12(17)13(14)6-2-3-7-13/h11H,2-10,14H2,1H3,(H,15,17). The van der Waals surface area contributed by atoms with Gasteiger partial charge in [-0.1, -0.05) is 12.8 Å². The summed E-state index contributed by atoms with van der Waals surface area (Å²) in [5.41, 5.74) is 5.55. The lowest BCUT2D eigenvalue weighted by Crippen LogP contribution is -2.53. The van der Waals surface area contributed by atoms with Crippen LogP contribution in [0, 0.1) is 5.92 Å². The molecular weight excluding hydrogens is 214 g/mol. The number of likely N-dealkylation sites (tertiary alicyclic amines) is 1. The van der Waals surface area contributed by atoms with Gasteiger partial charge in [0, 0.05) is 13.1 Å². The van der Waals surface area contributed by atoms with E-state index in [1.807, 2.05) is 0 Å². The highest BCUT2D eigenvalue weighted by Gasteiger charge is 2.37. The number of amides is 1. The van der Waals surface area contributed by atoms with Crippen LogP contribution in [-0.2, 0) is 4.79 Å². The van der Waals surface area contributed by atoms with E-state index in [1.54, 1.807) is 0 Å². The number of nitrogens with two attached hydrogens (primary N) is 1. The smallest absolute Gasteiger partial charge is 0.240 e. The van der Waals surface area contributed by atoms with Crippen LogP contribution in [0.1, 0.15) is 38.5 Å². The maximum Gasteiger partial charge on any atom is 0.240 e. The van der Waals surface area contributed by atoms with Crippen LogP contribution in [0.4, 0.5) is 0 Å². The summed E-state index contributed by atoms with van der Waals surface area (Å²) in [6, 6.07) is 0. The summed E-state index contributed by atoms with van der Waals surface area (Å²) in [7, 11) is 2.15. The summed E-state index contributed by atoms with van der Waals surface area (Å²) in [5, 5.41) is 3.06. The number of hydrogen-bond acceptors (Lipinski definition) is 3. The monoisotopic (exact) mass is 239 g/mol. The van der Waals surface area contributed by atoms with Crippen molar-refractivity contribution in [2.24, 2.45) is 11.7 Å². The van der Waals surface area contributed by atoms with Crippen LogP contribution in [0.15, 0.2) is 0 Å². The summed E-state index contributed by atoms with van der Waals surface area (Å²) in [4.78, 5) is 14.4. The largest absolute Gasteiger partial charge is 0.354 e. The van der Waals surface area contributed by atoms with Crippen molar-refractivity contribution in [1.82, 2.24) is 10.2 Å². The van der Waals surface area contributed by atoms with Crippen LogP contribution < -0.4 is 11.1 Å². The van der Waals surface area contributed by atoms with E-state index in [2.05, 4.69) is 17.3 Å². The Balaban J connectivity index is 1.75. The van der Waals surface area contributed by atoms with E-state index in [0.29, 0.717) is 5.92 Å². The first-order chi connectivity index (χ1) is 8.10. The van der Waals surface area contributed by atoms with Gasteiger partial charge in [-0.05, 0) is 45.2 Å². The lowest BCUT2D eigenvalue weighted by atomic mass is 9.95. The molecule has 3 N–H and O–H groups in total. The van der Waals surface area contributed by atoms with Gasteiger partial charge in [0.05, 0.1) is 5.54 Å². The zero-order chi connectivity index (χ0) is 12.3. The Kier molecular flexibility index (Phi) is 4.05. The molecule has 1 aliphatic carbocycles. The third-order valence-corrected chi connectivity index (χ3v) is 4.22. The highest BCUT2D eigenvalue weighted by molar-refractivity contribution is 5.86. The fourth-order valence-corrected chi connectivity index (χ4v) is 3.09. The second-order valence-corrected chi connectivity index (χ2v) is 5.84. The van der Waals surface area contributed by atoms with Crippen molar-refractivity contribution < 1.29 is 4.79 Å². The third kappa shape index (κ3) is 3.19. The number of hydrogen-bond donors (Lipinski definition) is 2. The van der Waals surface area contributed by atoms with Crippen LogP contribution >= 0.6 is 0 Å². The van der Waals surface area contributed by atoms with Crippen molar-refractivity contribution in [2.45, 2.75) is 44.1 Å². The summed E-state index contributed by atoms with van der Waals surface area (Å²) < 4.78 is 0. The van der Waals surface area contributed by atoms with Gasteiger partial charge < -0.3 is 16.0 Å². The van der Waals surface area contributed by atoms with Gasteiger partial charge in [-0.2, -0.15) is 0 Å². The van der Waals surface area contributed by atoms with Crippen molar-refractivity contribution in [3.63, 3.8) is 0 Å². The molecule has 0 aromatic carbocycles. The van der Waals surface area contributed by atoms with Gasteiger partial charge in [-0.25, -0.2) is 0 Å². The molecule has 2 aliphatic rings. The van der Waals surface area contributed by atoms with Gasteiger partial charge in [0.15, 0.2) is 0 Å². The molecule has 98 valence electrons. The molecule has 1 saturated carbocycles. The average Bonchev–Trinajstić information content (AvgIpc) is 2.74. The number of piperidine rings is 1. The Bertz CT molecular complexity index is 274. The second kappa shape index (κ2) is 5.36. The van der Waals surface area contributed by atoms with Gasteiger partial charge in [0.25, 0.3) is 0 Å². The minimum Gasteiger partial charge on any atom is -0.354 e. The molecule has 0 radical (unpaired) electrons. The van der Waals surface area contributed by atoms with Gasteiger partial charge in [0.1, 0.15) is 0 Å². The zero-order valence-corrected chi connectivity index (χ0v) is 10.9. The Morgan fingerprint density at radius 1 is 1.41 bits per heavy atom. The molecule has 1 aliphatic heterocycles. The molecule has 4 heteroatoms. The first kappa shape index (κ1) is 12.8. The number of nitrogens with one attached hydrogen (secondary N) is 1. The van der Waals surface area contributed by atoms with E-state index >= 15 is 0 Å². The Morgan fingerprint density at radius 2 is 2.12 bits per heavy atom. The maximum atomic E-state index is 12.0. The minimum absolute atomic E-state index is 0.0724. The van der Waals surface area contributed by atoms with Crippen molar-refractivity contribution in [3.8, 4) is 0 Å². The van der Waals surface area contributed by atoms with Gasteiger partial charge in [0.2, 0.25) is 5.91 Å². The molecule has 0 aromatic rings. The predicted octanol–water partition coefficient (Wildman–Crippen LogP) is 0.716. The molecule has 2 fully saturated rings. The highest BCUT2D eigenvalue weighted by atomic mass is 16.2. The fraction of sp³-hybridized carbons (Fsp3) is 0.923. The van der Waals surface area contributed by atoms with E-state index in [0.717, 1.165) is 38.8 Å². The molecule has 1 atom stereocenters. The molecule has 1 saturated heterocycles. The van der Waals surface area contributed by atoms with Crippen LogP contribution in [0.3, 0.4) is 0 Å². The summed E-state index contributed by atoms with van der Waals surface area (Å²) in [6.45, 7) is 3.07. The summed E-state index contributed by atoms with van der Waals surface area (Å²) >= 11 is 0. The SMILES string of the molecule is CN1CCCC(CNC(=O)C2(N)CCCC2)C1. The van der Waals surface area contributed by atoms with Crippen LogP contribution in [0.5, 0.6) is 0 Å². The third-order valence-electron chi connectivity index (χ3n) is 4.22. The van der Waals surface area contributed by atoms with Crippen molar-refractivity contribution in [1.29, 1.82) is 0 Å². The van der Waals surface area contributed by atoms with Gasteiger partial charge in [-0.15, -0.1) is 0 Å². The predicted molar refractivity (Wildman–Crippen MR) is 68.6 cm³/mol. The molecule has 4 nitrogen and oxygen atoms in total. The zero-order valence-electron chi connectivity index (χ0n) is 10.9. The van der Waals surface area contributed by atoms with E-state index in [9.17, 15) is 4.79 Å². The van der Waals surface area contributed by atoms with Gasteiger partial charge >= 0.3 is 0 Å². The number of carbonyl (C=O) groups is 1. The van der Waals surface area contributed by atoms with E-state index < -0.39 is 5.54 Å². The number of carbonyl (C=O) groups excluding carboxylic acids is 1. The molecule has 0 spiro atoms. The molecular formula is C13H25N3O. The van der Waals surface area contributed by atoms with Crippen LogP contribution in [0.25, 0.3) is 0 Å². The Labute approximate surface area is 104 Å². The fourth-order valence-electron chi connectivity index (χ4n) is 3.09. The molecule has 17 heavy (non-hydrogen) atoms. The lowest BCUT2D eigenvalue weighted by molar-refractivity contribution is -0.126. The molecule has 0 bridgehead atoms. The maximum absolute atomic E-state index is 12.0. The Morgan fingerprint density at radius 3 is 2.76 bits per heavy atom. The van der Waals surface area contributed by atoms with Crippen molar-refractivity contribution in [2.75, 3.05) is 26.7 Å². The molecule has 0 aromatic heterocycles. The normalized spacial score (nSPS) is 29.2. The van der Waals surface area contributed by atoms with E-state index in [-0.39, 0.29) is 5.91 Å². The lowest BCUT2D eigenvalue weighted by Gasteiger charge is -2.31. The van der Waals surface area contributed by atoms with Gasteiger partial charge in [-0.3, -0.25) is 4.79 Å². The first-order valence-electron chi connectivity index (χ1n) is 6.86. The summed E-state index contributed by atoms with van der Waals surface area (Å²) in [5.74, 6) is 0.672.